The number of nitriles is 1. The maximum Gasteiger partial charge on any atom is 0.110 e. The van der Waals surface area contributed by atoms with Crippen LogP contribution in [-0.4, -0.2) is 19.3 Å². The Hall–Kier alpha value is -0.890. The molecule has 3 nitrogen and oxygen atoms in total. The van der Waals surface area contributed by atoms with Gasteiger partial charge in [-0.1, -0.05) is 13.8 Å². The molecule has 0 bridgehead atoms. The Morgan fingerprint density at radius 1 is 1.56 bits per heavy atom. The van der Waals surface area contributed by atoms with Crippen molar-refractivity contribution in [3.8, 4) is 6.07 Å². The summed E-state index contributed by atoms with van der Waals surface area (Å²) in [5.41, 5.74) is 0. The average Bonchev–Trinajstić information content (AvgIpc) is 2.97. The number of hydrogen-bond donors (Lipinski definition) is 1. The Balaban J connectivity index is 1.76. The quantitative estimate of drug-likeness (QED) is 0.889. The lowest BCUT2D eigenvalue weighted by Crippen LogP contribution is -2.31. The average molecular weight is 264 g/mol. The van der Waals surface area contributed by atoms with Gasteiger partial charge < -0.3 is 10.1 Å². The molecular formula is C14H20N2OS. The van der Waals surface area contributed by atoms with Crippen molar-refractivity contribution in [2.24, 2.45) is 11.8 Å². The van der Waals surface area contributed by atoms with Gasteiger partial charge in [0.2, 0.25) is 0 Å². The summed E-state index contributed by atoms with van der Waals surface area (Å²) in [7, 11) is 0. The van der Waals surface area contributed by atoms with Gasteiger partial charge in [-0.2, -0.15) is 5.26 Å². The molecule has 0 amide bonds. The third-order valence-electron chi connectivity index (χ3n) is 3.40. The van der Waals surface area contributed by atoms with Gasteiger partial charge in [-0.3, -0.25) is 0 Å². The van der Waals surface area contributed by atoms with E-state index in [1.165, 1.54) is 4.88 Å². The molecule has 0 aliphatic carbocycles. The Labute approximate surface area is 113 Å². The van der Waals surface area contributed by atoms with E-state index in [-0.39, 0.29) is 0 Å². The van der Waals surface area contributed by atoms with Crippen molar-refractivity contribution in [1.82, 2.24) is 5.32 Å². The second kappa shape index (κ2) is 6.33. The van der Waals surface area contributed by atoms with Gasteiger partial charge in [0.1, 0.15) is 10.9 Å². The molecular weight excluding hydrogens is 244 g/mol. The fraction of sp³-hybridized carbons (Fsp3) is 0.643. The largest absolute Gasteiger partial charge is 0.378 e. The van der Waals surface area contributed by atoms with Crippen LogP contribution in [0, 0.1) is 23.2 Å². The number of rotatable bonds is 5. The minimum Gasteiger partial charge on any atom is -0.378 e. The third kappa shape index (κ3) is 3.32. The van der Waals surface area contributed by atoms with Crippen LogP contribution >= 0.6 is 11.3 Å². The van der Waals surface area contributed by atoms with Gasteiger partial charge in [0.25, 0.3) is 0 Å². The van der Waals surface area contributed by atoms with Crippen LogP contribution in [0.2, 0.25) is 0 Å². The molecule has 4 heteroatoms. The summed E-state index contributed by atoms with van der Waals surface area (Å²) in [4.78, 5) is 2.02. The van der Waals surface area contributed by atoms with Crippen LogP contribution in [0.5, 0.6) is 0 Å². The van der Waals surface area contributed by atoms with E-state index in [1.807, 2.05) is 12.1 Å². The van der Waals surface area contributed by atoms with Crippen molar-refractivity contribution in [2.45, 2.75) is 32.9 Å². The van der Waals surface area contributed by atoms with E-state index in [0.29, 0.717) is 17.9 Å². The van der Waals surface area contributed by atoms with Crippen molar-refractivity contribution in [1.29, 1.82) is 5.26 Å². The van der Waals surface area contributed by atoms with Crippen LogP contribution in [0.1, 0.15) is 30.0 Å². The zero-order chi connectivity index (χ0) is 13.0. The minimum absolute atomic E-state index is 0.399. The lowest BCUT2D eigenvalue weighted by Gasteiger charge is -2.22. The van der Waals surface area contributed by atoms with E-state index in [9.17, 15) is 0 Å². The number of nitrogens with zero attached hydrogens (tertiary/aromatic N) is 1. The van der Waals surface area contributed by atoms with Gasteiger partial charge in [-0.15, -0.1) is 11.3 Å². The van der Waals surface area contributed by atoms with E-state index in [1.54, 1.807) is 11.3 Å². The van der Waals surface area contributed by atoms with Crippen LogP contribution in [0.15, 0.2) is 12.1 Å². The van der Waals surface area contributed by atoms with Crippen LogP contribution in [-0.2, 0) is 11.3 Å². The maximum absolute atomic E-state index is 8.77. The zero-order valence-electron chi connectivity index (χ0n) is 11.0. The molecule has 0 aromatic carbocycles. The van der Waals surface area contributed by atoms with E-state index in [0.717, 1.165) is 31.0 Å². The van der Waals surface area contributed by atoms with E-state index in [4.69, 9.17) is 10.00 Å². The van der Waals surface area contributed by atoms with Crippen molar-refractivity contribution >= 4 is 11.3 Å². The molecule has 18 heavy (non-hydrogen) atoms. The summed E-state index contributed by atoms with van der Waals surface area (Å²) in [5, 5.41) is 12.3. The standard InChI is InChI=1S/C14H20N2OS/c1-10(2)14-11(5-6-17-14)8-16-9-13-4-3-12(7-15)18-13/h3-4,10-11,14,16H,5-6,8-9H2,1-2H3/t11-,14-/m1/s1. The van der Waals surface area contributed by atoms with E-state index in [2.05, 4.69) is 25.2 Å². The van der Waals surface area contributed by atoms with Gasteiger partial charge in [0.15, 0.2) is 0 Å². The highest BCUT2D eigenvalue weighted by Gasteiger charge is 2.30. The van der Waals surface area contributed by atoms with Crippen molar-refractivity contribution < 1.29 is 4.74 Å². The van der Waals surface area contributed by atoms with Gasteiger partial charge >= 0.3 is 0 Å². The van der Waals surface area contributed by atoms with Crippen LogP contribution < -0.4 is 5.32 Å². The van der Waals surface area contributed by atoms with Gasteiger partial charge in [-0.05, 0) is 30.4 Å². The molecule has 1 aliphatic rings. The third-order valence-corrected chi connectivity index (χ3v) is 4.39. The van der Waals surface area contributed by atoms with E-state index < -0.39 is 0 Å². The van der Waals surface area contributed by atoms with Gasteiger partial charge in [0.05, 0.1) is 6.10 Å². The van der Waals surface area contributed by atoms with Crippen molar-refractivity contribution in [2.75, 3.05) is 13.2 Å². The Bertz CT molecular complexity index is 422. The van der Waals surface area contributed by atoms with Crippen LogP contribution in [0.25, 0.3) is 0 Å². The summed E-state index contributed by atoms with van der Waals surface area (Å²) in [6.45, 7) is 7.20. The second-order valence-corrected chi connectivity index (χ2v) is 6.31. The fourth-order valence-corrected chi connectivity index (χ4v) is 3.30. The van der Waals surface area contributed by atoms with E-state index >= 15 is 0 Å². The molecule has 2 atom stereocenters. The molecule has 1 aromatic rings. The van der Waals surface area contributed by atoms with Gasteiger partial charge in [0, 0.05) is 24.6 Å². The molecule has 0 spiro atoms. The van der Waals surface area contributed by atoms with Crippen molar-refractivity contribution in [3.05, 3.63) is 21.9 Å². The first-order valence-electron chi connectivity index (χ1n) is 6.52. The predicted octanol–water partition coefficient (Wildman–Crippen LogP) is 2.77. The molecule has 2 heterocycles. The number of thiophene rings is 1. The first-order valence-corrected chi connectivity index (χ1v) is 7.33. The highest BCUT2D eigenvalue weighted by molar-refractivity contribution is 7.12. The molecule has 0 unspecified atom stereocenters. The van der Waals surface area contributed by atoms with Crippen LogP contribution in [0.3, 0.4) is 0 Å². The molecule has 98 valence electrons. The molecule has 1 N–H and O–H groups in total. The summed E-state index contributed by atoms with van der Waals surface area (Å²) < 4.78 is 5.77. The first-order chi connectivity index (χ1) is 8.70. The number of hydrogen-bond acceptors (Lipinski definition) is 4. The van der Waals surface area contributed by atoms with Crippen molar-refractivity contribution in [3.63, 3.8) is 0 Å². The Kier molecular flexibility index (Phi) is 4.76. The lowest BCUT2D eigenvalue weighted by molar-refractivity contribution is 0.0539. The lowest BCUT2D eigenvalue weighted by atomic mass is 9.93. The summed E-state index contributed by atoms with van der Waals surface area (Å²) in [6, 6.07) is 6.09. The summed E-state index contributed by atoms with van der Waals surface area (Å²) in [5.74, 6) is 1.21. The van der Waals surface area contributed by atoms with Crippen LogP contribution in [0.4, 0.5) is 0 Å². The summed E-state index contributed by atoms with van der Waals surface area (Å²) in [6.07, 6.45) is 1.56. The minimum atomic E-state index is 0.399. The maximum atomic E-state index is 8.77. The highest BCUT2D eigenvalue weighted by atomic mass is 32.1. The molecule has 1 saturated heterocycles. The monoisotopic (exact) mass is 264 g/mol. The smallest absolute Gasteiger partial charge is 0.110 e. The van der Waals surface area contributed by atoms with Gasteiger partial charge in [-0.25, -0.2) is 0 Å². The molecule has 1 aliphatic heterocycles. The first kappa shape index (κ1) is 13.5. The molecule has 0 radical (unpaired) electrons. The molecule has 1 fully saturated rings. The topological polar surface area (TPSA) is 45.0 Å². The molecule has 0 saturated carbocycles. The molecule has 1 aromatic heterocycles. The molecule has 2 rings (SSSR count). The summed E-state index contributed by atoms with van der Waals surface area (Å²) >= 11 is 1.57. The fourth-order valence-electron chi connectivity index (χ4n) is 2.52. The predicted molar refractivity (Wildman–Crippen MR) is 73.4 cm³/mol. The highest BCUT2D eigenvalue weighted by Crippen LogP contribution is 2.26. The SMILES string of the molecule is CC(C)[C@H]1OCC[C@@H]1CNCc1ccc(C#N)s1. The Morgan fingerprint density at radius 2 is 2.39 bits per heavy atom. The second-order valence-electron chi connectivity index (χ2n) is 5.14. The Morgan fingerprint density at radius 3 is 3.06 bits per heavy atom. The zero-order valence-corrected chi connectivity index (χ0v) is 11.8. The number of ether oxygens (including phenoxy) is 1. The number of nitrogens with one attached hydrogen (secondary N) is 1. The normalized spacial score (nSPS) is 23.4.